The second-order valence-electron chi connectivity index (χ2n) is 14.3. The SMILES string of the molecule is CC(C)C(NC(=O)c1ccccc1)C(=O)NC(Cc1ccccc1)C(=O)N[C@@H](C)C(=O)NCB1O[C@H]2C3C[C@@H](C[C@@]2(C)O1)C3(C)C. The molecular formula is C35H47BN4O6. The summed E-state index contributed by atoms with van der Waals surface area (Å²) in [4.78, 5) is 53.0. The second kappa shape index (κ2) is 13.6. The van der Waals surface area contributed by atoms with E-state index in [0.717, 1.165) is 18.4 Å². The van der Waals surface area contributed by atoms with E-state index in [1.807, 2.05) is 50.2 Å². The van der Waals surface area contributed by atoms with E-state index in [2.05, 4.69) is 42.0 Å². The van der Waals surface area contributed by atoms with Gasteiger partial charge in [0.05, 0.1) is 18.1 Å². The lowest BCUT2D eigenvalue weighted by Crippen LogP contribution is -2.63. The standard InChI is InChI=1S/C35H47BN4O6/c1-21(2)28(40-31(42)24-15-11-8-12-16-24)33(44)39-27(17-23-13-9-7-10-14-23)32(43)38-22(3)30(41)37-20-36-45-29-26-18-25(34(26,4)5)19-35(29,6)46-36/h7-16,21-22,25-29H,17-20H2,1-6H3,(H,37,41)(H,38,43)(H,39,44)(H,40,42)/t22-,25-,26?,27?,28?,29-,35+/m0/s1. The molecule has 2 aromatic carbocycles. The van der Waals surface area contributed by atoms with Crippen LogP contribution in [0.5, 0.6) is 0 Å². The Morgan fingerprint density at radius 1 is 0.870 bits per heavy atom. The van der Waals surface area contributed by atoms with Gasteiger partial charge in [-0.3, -0.25) is 19.2 Å². The van der Waals surface area contributed by atoms with Crippen molar-refractivity contribution < 1.29 is 28.5 Å². The van der Waals surface area contributed by atoms with Crippen LogP contribution in [0.3, 0.4) is 0 Å². The van der Waals surface area contributed by atoms with Crippen LogP contribution in [0.25, 0.3) is 0 Å². The van der Waals surface area contributed by atoms with Crippen LogP contribution in [-0.4, -0.2) is 67.0 Å². The van der Waals surface area contributed by atoms with Gasteiger partial charge in [-0.2, -0.15) is 0 Å². The first-order chi connectivity index (χ1) is 21.8. The summed E-state index contributed by atoms with van der Waals surface area (Å²) in [7, 11) is -0.554. The zero-order valence-corrected chi connectivity index (χ0v) is 27.7. The number of carbonyl (C=O) groups is 4. The Morgan fingerprint density at radius 2 is 1.52 bits per heavy atom. The van der Waals surface area contributed by atoms with Gasteiger partial charge in [-0.05, 0) is 67.6 Å². The predicted molar refractivity (Wildman–Crippen MR) is 175 cm³/mol. The highest BCUT2D eigenvalue weighted by molar-refractivity contribution is 6.46. The van der Waals surface area contributed by atoms with Gasteiger partial charge in [0.25, 0.3) is 5.91 Å². The van der Waals surface area contributed by atoms with Gasteiger partial charge in [0.1, 0.15) is 18.1 Å². The Hall–Kier alpha value is -3.70. The molecule has 3 unspecified atom stereocenters. The molecule has 11 heteroatoms. The molecule has 3 saturated carbocycles. The summed E-state index contributed by atoms with van der Waals surface area (Å²) in [5.41, 5.74) is 1.15. The van der Waals surface area contributed by atoms with E-state index in [0.29, 0.717) is 17.4 Å². The minimum atomic E-state index is -0.987. The molecule has 0 spiro atoms. The van der Waals surface area contributed by atoms with Gasteiger partial charge in [-0.1, -0.05) is 76.2 Å². The van der Waals surface area contributed by atoms with E-state index < -0.39 is 37.1 Å². The van der Waals surface area contributed by atoms with Crippen molar-refractivity contribution in [1.29, 1.82) is 0 Å². The first-order valence-corrected chi connectivity index (χ1v) is 16.4. The summed E-state index contributed by atoms with van der Waals surface area (Å²) in [5, 5.41) is 11.3. The average molecular weight is 631 g/mol. The van der Waals surface area contributed by atoms with Crippen LogP contribution in [0, 0.1) is 23.2 Å². The number of nitrogens with one attached hydrogen (secondary N) is 4. The average Bonchev–Trinajstić information content (AvgIpc) is 3.38. The minimum absolute atomic E-state index is 0.000950. The summed E-state index contributed by atoms with van der Waals surface area (Å²) in [5.74, 6) is -0.955. The second-order valence-corrected chi connectivity index (χ2v) is 14.3. The number of carbonyl (C=O) groups excluding carboxylic acids is 4. The fourth-order valence-electron chi connectivity index (χ4n) is 7.27. The van der Waals surface area contributed by atoms with Gasteiger partial charge in [0.2, 0.25) is 17.7 Å². The first-order valence-electron chi connectivity index (χ1n) is 16.4. The topological polar surface area (TPSA) is 135 Å². The minimum Gasteiger partial charge on any atom is -0.404 e. The largest absolute Gasteiger partial charge is 0.478 e. The Bertz CT molecular complexity index is 1420. The summed E-state index contributed by atoms with van der Waals surface area (Å²) in [6.45, 7) is 11.9. The Labute approximate surface area is 272 Å². The summed E-state index contributed by atoms with van der Waals surface area (Å²) >= 11 is 0. The number of rotatable bonds is 12. The van der Waals surface area contributed by atoms with Crippen molar-refractivity contribution in [2.75, 3.05) is 6.44 Å². The maximum Gasteiger partial charge on any atom is 0.478 e. The maximum atomic E-state index is 13.6. The third kappa shape index (κ3) is 7.15. The maximum absolute atomic E-state index is 13.6. The molecule has 1 aliphatic heterocycles. The Morgan fingerprint density at radius 3 is 2.15 bits per heavy atom. The van der Waals surface area contributed by atoms with Gasteiger partial charge in [-0.25, -0.2) is 0 Å². The zero-order chi connectivity index (χ0) is 33.2. The highest BCUT2D eigenvalue weighted by Gasteiger charge is 2.66. The van der Waals surface area contributed by atoms with Crippen LogP contribution in [0.4, 0.5) is 0 Å². The fourth-order valence-corrected chi connectivity index (χ4v) is 7.27. The zero-order valence-electron chi connectivity index (χ0n) is 27.7. The molecule has 3 aliphatic carbocycles. The molecule has 246 valence electrons. The molecule has 4 N–H and O–H groups in total. The van der Waals surface area contributed by atoms with E-state index in [1.165, 1.54) is 0 Å². The fraction of sp³-hybridized carbons (Fsp3) is 0.543. The van der Waals surface area contributed by atoms with Gasteiger partial charge in [0.15, 0.2) is 0 Å². The van der Waals surface area contributed by atoms with Crippen molar-refractivity contribution in [3.8, 4) is 0 Å². The molecule has 7 atom stereocenters. The van der Waals surface area contributed by atoms with Crippen molar-refractivity contribution in [2.45, 2.75) is 90.6 Å². The Kier molecular flexibility index (Phi) is 9.93. The molecule has 6 rings (SSSR count). The smallest absolute Gasteiger partial charge is 0.404 e. The highest BCUT2D eigenvalue weighted by atomic mass is 16.7. The van der Waals surface area contributed by atoms with E-state index in [4.69, 9.17) is 9.31 Å². The summed E-state index contributed by atoms with van der Waals surface area (Å²) in [6.07, 6.45) is 2.47. The van der Waals surface area contributed by atoms with Crippen LogP contribution in [0.2, 0.25) is 0 Å². The van der Waals surface area contributed by atoms with Gasteiger partial charge in [-0.15, -0.1) is 0 Å². The molecule has 10 nitrogen and oxygen atoms in total. The number of hydrogen-bond donors (Lipinski definition) is 4. The number of benzene rings is 2. The quantitative estimate of drug-likeness (QED) is 0.267. The molecule has 46 heavy (non-hydrogen) atoms. The van der Waals surface area contributed by atoms with Gasteiger partial charge < -0.3 is 30.6 Å². The molecule has 0 radical (unpaired) electrons. The van der Waals surface area contributed by atoms with Crippen molar-refractivity contribution in [1.82, 2.24) is 21.3 Å². The molecule has 4 aliphatic rings. The van der Waals surface area contributed by atoms with Crippen molar-refractivity contribution in [3.05, 3.63) is 71.8 Å². The van der Waals surface area contributed by atoms with Crippen LogP contribution in [0.15, 0.2) is 60.7 Å². The van der Waals surface area contributed by atoms with E-state index in [1.54, 1.807) is 31.2 Å². The molecule has 0 aromatic heterocycles. The van der Waals surface area contributed by atoms with E-state index >= 15 is 0 Å². The molecule has 4 amide bonds. The van der Waals surface area contributed by atoms with Crippen LogP contribution in [-0.2, 0) is 30.1 Å². The lowest BCUT2D eigenvalue weighted by atomic mass is 9.45. The van der Waals surface area contributed by atoms with Crippen LogP contribution in [0.1, 0.15) is 70.3 Å². The lowest BCUT2D eigenvalue weighted by Gasteiger charge is -2.63. The highest BCUT2D eigenvalue weighted by Crippen LogP contribution is 2.64. The molecular weight excluding hydrogens is 583 g/mol. The third-order valence-corrected chi connectivity index (χ3v) is 10.2. The van der Waals surface area contributed by atoms with Gasteiger partial charge >= 0.3 is 7.12 Å². The monoisotopic (exact) mass is 630 g/mol. The number of amides is 4. The normalized spacial score (nSPS) is 26.2. The summed E-state index contributed by atoms with van der Waals surface area (Å²) in [6, 6.07) is 15.2. The van der Waals surface area contributed by atoms with E-state index in [9.17, 15) is 19.2 Å². The predicted octanol–water partition coefficient (Wildman–Crippen LogP) is 3.06. The molecule has 1 saturated heterocycles. The molecule has 1 heterocycles. The third-order valence-electron chi connectivity index (χ3n) is 10.2. The van der Waals surface area contributed by atoms with Crippen molar-refractivity contribution in [3.63, 3.8) is 0 Å². The first kappa shape index (κ1) is 33.7. The van der Waals surface area contributed by atoms with Crippen molar-refractivity contribution in [2.24, 2.45) is 23.2 Å². The van der Waals surface area contributed by atoms with Crippen molar-refractivity contribution >= 4 is 30.7 Å². The number of hydrogen-bond acceptors (Lipinski definition) is 6. The molecule has 2 bridgehead atoms. The van der Waals surface area contributed by atoms with Crippen LogP contribution < -0.4 is 21.3 Å². The summed E-state index contributed by atoms with van der Waals surface area (Å²) < 4.78 is 12.6. The lowest BCUT2D eigenvalue weighted by molar-refractivity contribution is -0.185. The molecule has 4 fully saturated rings. The molecule has 2 aromatic rings. The van der Waals surface area contributed by atoms with Crippen LogP contribution >= 0.6 is 0 Å². The van der Waals surface area contributed by atoms with E-state index in [-0.39, 0.29) is 47.7 Å². The van der Waals surface area contributed by atoms with Gasteiger partial charge in [0, 0.05) is 12.0 Å². The Balaban J connectivity index is 1.19.